The predicted molar refractivity (Wildman–Crippen MR) is 100 cm³/mol. The van der Waals surface area contributed by atoms with E-state index in [2.05, 4.69) is 22.2 Å². The molecule has 0 saturated carbocycles. The largest absolute Gasteiger partial charge is 0.369 e. The second-order valence-corrected chi connectivity index (χ2v) is 6.90. The molecule has 1 heterocycles. The highest BCUT2D eigenvalue weighted by atomic mass is 35.5. The number of nitrogens with one attached hydrogen (secondary N) is 1. The zero-order valence-electron chi connectivity index (χ0n) is 14.7. The number of carbonyl (C=O) groups is 1. The lowest BCUT2D eigenvalue weighted by atomic mass is 10.1. The number of aryl methyl sites for hydroxylation is 1. The van der Waals surface area contributed by atoms with Crippen LogP contribution in [0.2, 0.25) is 5.02 Å². The number of carbonyl (C=O) groups excluding carboxylic acids is 1. The van der Waals surface area contributed by atoms with Gasteiger partial charge in [-0.15, -0.1) is 0 Å². The monoisotopic (exact) mass is 379 g/mol. The van der Waals surface area contributed by atoms with E-state index in [-0.39, 0.29) is 10.6 Å². The minimum atomic E-state index is -1.11. The molecule has 1 fully saturated rings. The van der Waals surface area contributed by atoms with Crippen molar-refractivity contribution in [3.05, 3.63) is 58.1 Å². The van der Waals surface area contributed by atoms with E-state index in [4.69, 9.17) is 11.6 Å². The van der Waals surface area contributed by atoms with Crippen LogP contribution in [0.1, 0.15) is 15.9 Å². The van der Waals surface area contributed by atoms with Crippen LogP contribution in [0.3, 0.4) is 0 Å². The van der Waals surface area contributed by atoms with Crippen LogP contribution in [0.5, 0.6) is 0 Å². The summed E-state index contributed by atoms with van der Waals surface area (Å²) >= 11 is 5.86. The van der Waals surface area contributed by atoms with Gasteiger partial charge >= 0.3 is 0 Å². The Labute approximate surface area is 156 Å². The van der Waals surface area contributed by atoms with Crippen molar-refractivity contribution >= 4 is 28.9 Å². The highest BCUT2D eigenvalue weighted by Gasteiger charge is 2.18. The molecule has 2 aromatic carbocycles. The fourth-order valence-corrected chi connectivity index (χ4v) is 3.17. The molecule has 1 saturated heterocycles. The van der Waals surface area contributed by atoms with Gasteiger partial charge in [-0.05, 0) is 49.9 Å². The molecule has 1 aliphatic heterocycles. The summed E-state index contributed by atoms with van der Waals surface area (Å²) < 4.78 is 26.6. The second kappa shape index (κ2) is 7.60. The molecule has 0 radical (unpaired) electrons. The van der Waals surface area contributed by atoms with Crippen molar-refractivity contribution < 1.29 is 13.6 Å². The summed E-state index contributed by atoms with van der Waals surface area (Å²) in [7, 11) is 2.10. The summed E-state index contributed by atoms with van der Waals surface area (Å²) in [6.45, 7) is 5.80. The summed E-state index contributed by atoms with van der Waals surface area (Å²) in [5.74, 6) is -2.77. The third kappa shape index (κ3) is 3.97. The Bertz CT molecular complexity index is 836. The topological polar surface area (TPSA) is 35.6 Å². The first-order valence-corrected chi connectivity index (χ1v) is 8.73. The Morgan fingerprint density at radius 1 is 1.08 bits per heavy atom. The average molecular weight is 380 g/mol. The van der Waals surface area contributed by atoms with Crippen LogP contribution < -0.4 is 10.2 Å². The van der Waals surface area contributed by atoms with Crippen LogP contribution in [0.15, 0.2) is 30.3 Å². The number of hydrogen-bond acceptors (Lipinski definition) is 3. The van der Waals surface area contributed by atoms with E-state index in [0.717, 1.165) is 49.6 Å². The molecule has 0 atom stereocenters. The molecule has 138 valence electrons. The zero-order valence-corrected chi connectivity index (χ0v) is 15.4. The third-order valence-corrected chi connectivity index (χ3v) is 4.89. The van der Waals surface area contributed by atoms with Crippen molar-refractivity contribution in [3.8, 4) is 0 Å². The van der Waals surface area contributed by atoms with E-state index in [9.17, 15) is 13.6 Å². The smallest absolute Gasteiger partial charge is 0.257 e. The minimum Gasteiger partial charge on any atom is -0.369 e. The average Bonchev–Trinajstić information content (AvgIpc) is 2.60. The van der Waals surface area contributed by atoms with E-state index >= 15 is 0 Å². The van der Waals surface area contributed by atoms with Gasteiger partial charge in [0.15, 0.2) is 11.6 Å². The van der Waals surface area contributed by atoms with Gasteiger partial charge in [-0.3, -0.25) is 4.79 Å². The molecule has 0 unspecified atom stereocenters. The lowest BCUT2D eigenvalue weighted by Gasteiger charge is -2.34. The normalized spacial score (nSPS) is 15.2. The number of nitrogens with zero attached hydrogens (tertiary/aromatic N) is 2. The number of piperazine rings is 1. The number of amides is 1. The highest BCUT2D eigenvalue weighted by Crippen LogP contribution is 2.26. The maximum absolute atomic E-state index is 13.4. The van der Waals surface area contributed by atoms with Crippen LogP contribution in [0, 0.1) is 18.6 Å². The maximum Gasteiger partial charge on any atom is 0.257 e. The summed E-state index contributed by atoms with van der Waals surface area (Å²) in [5.41, 5.74) is 2.48. The van der Waals surface area contributed by atoms with Crippen molar-refractivity contribution in [2.75, 3.05) is 43.4 Å². The van der Waals surface area contributed by atoms with Crippen molar-refractivity contribution in [3.63, 3.8) is 0 Å². The van der Waals surface area contributed by atoms with Crippen LogP contribution in [0.4, 0.5) is 20.2 Å². The fraction of sp³-hybridized carbons (Fsp3) is 0.316. The third-order valence-electron chi connectivity index (χ3n) is 4.58. The van der Waals surface area contributed by atoms with Gasteiger partial charge in [0.1, 0.15) is 0 Å². The van der Waals surface area contributed by atoms with Crippen molar-refractivity contribution in [2.24, 2.45) is 0 Å². The van der Waals surface area contributed by atoms with Crippen LogP contribution in [0.25, 0.3) is 0 Å². The molecule has 0 bridgehead atoms. The van der Waals surface area contributed by atoms with Gasteiger partial charge in [0.05, 0.1) is 10.6 Å². The van der Waals surface area contributed by atoms with Gasteiger partial charge < -0.3 is 15.1 Å². The fourth-order valence-electron chi connectivity index (χ4n) is 2.94. The molecule has 0 aromatic heterocycles. The predicted octanol–water partition coefficient (Wildman–Crippen LogP) is 3.93. The Morgan fingerprint density at radius 3 is 2.38 bits per heavy atom. The molecule has 4 nitrogen and oxygen atoms in total. The van der Waals surface area contributed by atoms with E-state index in [1.807, 2.05) is 25.1 Å². The lowest BCUT2D eigenvalue weighted by Crippen LogP contribution is -2.44. The van der Waals surface area contributed by atoms with Gasteiger partial charge in [-0.25, -0.2) is 8.78 Å². The molecule has 1 aliphatic rings. The van der Waals surface area contributed by atoms with Gasteiger partial charge in [0, 0.05) is 37.6 Å². The molecule has 1 N–H and O–H groups in total. The highest BCUT2D eigenvalue weighted by molar-refractivity contribution is 6.34. The minimum absolute atomic E-state index is 0.104. The van der Waals surface area contributed by atoms with E-state index in [1.54, 1.807) is 0 Å². The summed E-state index contributed by atoms with van der Waals surface area (Å²) in [4.78, 5) is 17.0. The molecule has 3 rings (SSSR count). The van der Waals surface area contributed by atoms with Gasteiger partial charge in [-0.1, -0.05) is 11.6 Å². The Hall–Kier alpha value is -2.18. The second-order valence-electron chi connectivity index (χ2n) is 6.49. The number of likely N-dealkylation sites (N-methyl/N-ethyl adjacent to an activating group) is 1. The van der Waals surface area contributed by atoms with Gasteiger partial charge in [0.2, 0.25) is 0 Å². The van der Waals surface area contributed by atoms with Crippen LogP contribution in [-0.2, 0) is 0 Å². The molecule has 2 aromatic rings. The molecule has 7 heteroatoms. The summed E-state index contributed by atoms with van der Waals surface area (Å²) in [5, 5.41) is 2.58. The number of anilines is 2. The maximum atomic E-state index is 13.4. The molecular weight excluding hydrogens is 360 g/mol. The first-order valence-electron chi connectivity index (χ1n) is 8.35. The molecule has 0 spiro atoms. The molecule has 0 aliphatic carbocycles. The first kappa shape index (κ1) is 18.6. The van der Waals surface area contributed by atoms with Gasteiger partial charge in [-0.2, -0.15) is 0 Å². The Morgan fingerprint density at radius 2 is 1.73 bits per heavy atom. The van der Waals surface area contributed by atoms with Crippen molar-refractivity contribution in [1.29, 1.82) is 0 Å². The van der Waals surface area contributed by atoms with E-state index in [1.165, 1.54) is 0 Å². The van der Waals surface area contributed by atoms with Gasteiger partial charge in [0.25, 0.3) is 5.91 Å². The van der Waals surface area contributed by atoms with Crippen molar-refractivity contribution in [1.82, 2.24) is 4.90 Å². The van der Waals surface area contributed by atoms with E-state index in [0.29, 0.717) is 5.69 Å². The molecular formula is C19H20ClF2N3O. The number of benzene rings is 2. The number of rotatable bonds is 3. The molecule has 1 amide bonds. The first-order chi connectivity index (χ1) is 12.3. The summed E-state index contributed by atoms with van der Waals surface area (Å²) in [6, 6.07) is 7.37. The lowest BCUT2D eigenvalue weighted by molar-refractivity contribution is 0.102. The Balaban J connectivity index is 1.76. The SMILES string of the molecule is Cc1cc(N2CCN(C)CC2)ccc1NC(=O)c1cc(F)c(F)cc1Cl. The van der Waals surface area contributed by atoms with E-state index < -0.39 is 17.5 Å². The standard InChI is InChI=1S/C19H20ClF2N3O/c1-12-9-13(25-7-5-24(2)6-8-25)3-4-18(12)23-19(26)14-10-16(21)17(22)11-15(14)20/h3-4,9-11H,5-8H2,1-2H3,(H,23,26). The quantitative estimate of drug-likeness (QED) is 0.821. The molecule has 26 heavy (non-hydrogen) atoms. The number of halogens is 3. The summed E-state index contributed by atoms with van der Waals surface area (Å²) in [6.07, 6.45) is 0. The number of hydrogen-bond donors (Lipinski definition) is 1. The Kier molecular flexibility index (Phi) is 5.44. The zero-order chi connectivity index (χ0) is 18.8. The van der Waals surface area contributed by atoms with Crippen molar-refractivity contribution in [2.45, 2.75) is 6.92 Å². The van der Waals surface area contributed by atoms with Crippen LogP contribution >= 0.6 is 11.6 Å². The van der Waals surface area contributed by atoms with Crippen LogP contribution in [-0.4, -0.2) is 44.0 Å².